The lowest BCUT2D eigenvalue weighted by Gasteiger charge is -2.11. The van der Waals surface area contributed by atoms with E-state index in [-0.39, 0.29) is 17.8 Å². The summed E-state index contributed by atoms with van der Waals surface area (Å²) in [6.45, 7) is 4.98. The minimum Gasteiger partial charge on any atom is -0.311 e. The topological polar surface area (TPSA) is 96.9 Å². The molecule has 0 saturated carbocycles. The molecule has 2 rings (SSSR count). The molecular weight excluding hydrogens is 294 g/mol. The molecule has 2 amide bonds. The molecule has 0 aliphatic heterocycles. The van der Waals surface area contributed by atoms with E-state index in [1.165, 1.54) is 13.8 Å². The molecular formula is C16H21N5O2. The van der Waals surface area contributed by atoms with Crippen molar-refractivity contribution in [2.45, 2.75) is 46.5 Å². The van der Waals surface area contributed by atoms with Gasteiger partial charge in [-0.15, -0.1) is 0 Å². The Bertz CT molecular complexity index is 730. The minimum absolute atomic E-state index is 0.176. The van der Waals surface area contributed by atoms with Gasteiger partial charge in [-0.3, -0.25) is 14.9 Å². The average molecular weight is 315 g/mol. The fourth-order valence-electron chi connectivity index (χ4n) is 2.26. The van der Waals surface area contributed by atoms with Gasteiger partial charge < -0.3 is 5.32 Å². The van der Waals surface area contributed by atoms with Crippen LogP contribution in [0.2, 0.25) is 0 Å². The quantitative estimate of drug-likeness (QED) is 0.799. The Labute approximate surface area is 134 Å². The molecule has 0 atom stereocenters. The number of carbonyl (C=O) groups is 2. The molecule has 0 fully saturated rings. The van der Waals surface area contributed by atoms with Crippen LogP contribution in [0, 0.1) is 0 Å². The lowest BCUT2D eigenvalue weighted by atomic mass is 10.1. The zero-order valence-corrected chi connectivity index (χ0v) is 13.6. The van der Waals surface area contributed by atoms with Gasteiger partial charge in [0, 0.05) is 25.4 Å². The molecule has 2 N–H and O–H groups in total. The summed E-state index contributed by atoms with van der Waals surface area (Å²) in [6.07, 6.45) is 5.73. The molecule has 0 radical (unpaired) electrons. The Morgan fingerprint density at radius 1 is 1.09 bits per heavy atom. The van der Waals surface area contributed by atoms with E-state index >= 15 is 0 Å². The van der Waals surface area contributed by atoms with E-state index in [1.54, 1.807) is 6.20 Å². The predicted octanol–water partition coefficient (Wildman–Crippen LogP) is 2.67. The van der Waals surface area contributed by atoms with Crippen molar-refractivity contribution < 1.29 is 9.59 Å². The van der Waals surface area contributed by atoms with Crippen LogP contribution in [0.3, 0.4) is 0 Å². The second-order valence-corrected chi connectivity index (χ2v) is 5.42. The first kappa shape index (κ1) is 16.8. The van der Waals surface area contributed by atoms with E-state index in [4.69, 9.17) is 0 Å². The van der Waals surface area contributed by atoms with Gasteiger partial charge in [0.1, 0.15) is 5.82 Å². The molecule has 7 nitrogen and oxygen atoms in total. The van der Waals surface area contributed by atoms with Gasteiger partial charge in [0.15, 0.2) is 5.65 Å². The summed E-state index contributed by atoms with van der Waals surface area (Å²) >= 11 is 0. The number of aromatic nitrogens is 3. The average Bonchev–Trinajstić information content (AvgIpc) is 2.46. The summed E-state index contributed by atoms with van der Waals surface area (Å²) in [5.74, 6) is 0.297. The third-order valence-corrected chi connectivity index (χ3v) is 3.28. The summed E-state index contributed by atoms with van der Waals surface area (Å²) in [5.41, 5.74) is 1.41. The van der Waals surface area contributed by atoms with Crippen molar-refractivity contribution in [2.75, 3.05) is 10.6 Å². The number of aryl methyl sites for hydroxylation is 1. The Morgan fingerprint density at radius 2 is 1.83 bits per heavy atom. The molecule has 0 aromatic carbocycles. The Morgan fingerprint density at radius 3 is 2.48 bits per heavy atom. The van der Waals surface area contributed by atoms with Crippen LogP contribution < -0.4 is 10.6 Å². The first-order valence-electron chi connectivity index (χ1n) is 7.71. The number of anilines is 2. The Hall–Kier alpha value is -2.57. The highest BCUT2D eigenvalue weighted by Gasteiger charge is 2.11. The number of hydrogen-bond acceptors (Lipinski definition) is 5. The summed E-state index contributed by atoms with van der Waals surface area (Å²) in [4.78, 5) is 35.2. The summed E-state index contributed by atoms with van der Waals surface area (Å²) in [5, 5.41) is 6.06. The van der Waals surface area contributed by atoms with E-state index in [0.29, 0.717) is 11.5 Å². The number of amides is 2. The van der Waals surface area contributed by atoms with Gasteiger partial charge in [-0.05, 0) is 24.5 Å². The third kappa shape index (κ3) is 4.70. The molecule has 0 saturated heterocycles. The zero-order valence-electron chi connectivity index (χ0n) is 13.6. The molecule has 0 aliphatic carbocycles. The lowest BCUT2D eigenvalue weighted by molar-refractivity contribution is -0.115. The zero-order chi connectivity index (χ0) is 16.8. The largest absolute Gasteiger partial charge is 0.311 e. The van der Waals surface area contributed by atoms with Crippen LogP contribution in [-0.4, -0.2) is 26.8 Å². The van der Waals surface area contributed by atoms with E-state index in [2.05, 4.69) is 32.5 Å². The van der Waals surface area contributed by atoms with Crippen LogP contribution in [0.5, 0.6) is 0 Å². The molecule has 0 bridgehead atoms. The number of rotatable bonds is 6. The molecule has 7 heteroatoms. The monoisotopic (exact) mass is 315 g/mol. The number of carbonyl (C=O) groups excluding carboxylic acids is 2. The number of hydrogen-bond donors (Lipinski definition) is 2. The molecule has 2 heterocycles. The van der Waals surface area contributed by atoms with Crippen molar-refractivity contribution in [3.05, 3.63) is 17.8 Å². The highest BCUT2D eigenvalue weighted by atomic mass is 16.2. The fraction of sp³-hybridized carbons (Fsp3) is 0.438. The van der Waals surface area contributed by atoms with E-state index < -0.39 is 0 Å². The van der Waals surface area contributed by atoms with Gasteiger partial charge in [-0.25, -0.2) is 9.97 Å². The highest BCUT2D eigenvalue weighted by molar-refractivity contribution is 5.91. The van der Waals surface area contributed by atoms with Crippen molar-refractivity contribution in [2.24, 2.45) is 0 Å². The maximum Gasteiger partial charge on any atom is 0.231 e. The van der Waals surface area contributed by atoms with Gasteiger partial charge >= 0.3 is 0 Å². The van der Waals surface area contributed by atoms with Crippen molar-refractivity contribution in [1.82, 2.24) is 15.0 Å². The number of nitrogens with zero attached hydrogens (tertiary/aromatic N) is 3. The van der Waals surface area contributed by atoms with Crippen molar-refractivity contribution in [1.29, 1.82) is 0 Å². The molecule has 122 valence electrons. The Kier molecular flexibility index (Phi) is 5.56. The van der Waals surface area contributed by atoms with Gasteiger partial charge in [0.05, 0.1) is 0 Å². The standard InChI is InChI=1S/C16H21N5O2/c1-4-5-6-7-12-8-13-9-17-16(19-11(3)23)21-15(13)20-14(12)18-10(2)22/h8-9H,4-7H2,1-3H3,(H2,17,18,19,20,21,22,23). The van der Waals surface area contributed by atoms with Crippen LogP contribution >= 0.6 is 0 Å². The van der Waals surface area contributed by atoms with Crippen LogP contribution in [0.4, 0.5) is 11.8 Å². The van der Waals surface area contributed by atoms with Gasteiger partial charge in [0.2, 0.25) is 17.8 Å². The number of fused-ring (bicyclic) bond motifs is 1. The third-order valence-electron chi connectivity index (χ3n) is 3.28. The van der Waals surface area contributed by atoms with Gasteiger partial charge in [0.25, 0.3) is 0 Å². The van der Waals surface area contributed by atoms with Crippen LogP contribution in [-0.2, 0) is 16.0 Å². The maximum absolute atomic E-state index is 11.4. The van der Waals surface area contributed by atoms with Crippen molar-refractivity contribution in [3.63, 3.8) is 0 Å². The van der Waals surface area contributed by atoms with Crippen molar-refractivity contribution >= 4 is 34.6 Å². The second kappa shape index (κ2) is 7.62. The molecule has 2 aromatic heterocycles. The maximum atomic E-state index is 11.4. The SMILES string of the molecule is CCCCCc1cc2cnc(NC(C)=O)nc2nc1NC(C)=O. The summed E-state index contributed by atoms with van der Waals surface area (Å²) in [7, 11) is 0. The second-order valence-electron chi connectivity index (χ2n) is 5.42. The van der Waals surface area contributed by atoms with E-state index in [1.807, 2.05) is 6.07 Å². The summed E-state index contributed by atoms with van der Waals surface area (Å²) in [6, 6.07) is 1.95. The summed E-state index contributed by atoms with van der Waals surface area (Å²) < 4.78 is 0. The van der Waals surface area contributed by atoms with Crippen LogP contribution in [0.15, 0.2) is 12.3 Å². The number of pyridine rings is 1. The number of nitrogens with one attached hydrogen (secondary N) is 2. The molecule has 2 aromatic rings. The van der Waals surface area contributed by atoms with Crippen LogP contribution in [0.25, 0.3) is 11.0 Å². The molecule has 0 aliphatic rings. The molecule has 0 spiro atoms. The molecule has 23 heavy (non-hydrogen) atoms. The molecule has 0 unspecified atom stereocenters. The smallest absolute Gasteiger partial charge is 0.231 e. The van der Waals surface area contributed by atoms with Crippen LogP contribution in [0.1, 0.15) is 45.6 Å². The minimum atomic E-state index is -0.248. The fourth-order valence-corrected chi connectivity index (χ4v) is 2.26. The van der Waals surface area contributed by atoms with E-state index in [0.717, 1.165) is 36.6 Å². The lowest BCUT2D eigenvalue weighted by Crippen LogP contribution is -2.12. The first-order valence-corrected chi connectivity index (χ1v) is 7.71. The number of unbranched alkanes of at least 4 members (excludes halogenated alkanes) is 2. The predicted molar refractivity (Wildman–Crippen MR) is 89.2 cm³/mol. The first-order chi connectivity index (χ1) is 11.0. The van der Waals surface area contributed by atoms with Gasteiger partial charge in [-0.2, -0.15) is 4.98 Å². The highest BCUT2D eigenvalue weighted by Crippen LogP contribution is 2.22. The van der Waals surface area contributed by atoms with E-state index in [9.17, 15) is 9.59 Å². The normalized spacial score (nSPS) is 10.6. The Balaban J connectivity index is 2.39. The van der Waals surface area contributed by atoms with Gasteiger partial charge in [-0.1, -0.05) is 19.8 Å². The van der Waals surface area contributed by atoms with Crippen molar-refractivity contribution in [3.8, 4) is 0 Å².